The molecule has 0 aliphatic carbocycles. The van der Waals surface area contributed by atoms with E-state index in [0.717, 1.165) is 27.4 Å². The summed E-state index contributed by atoms with van der Waals surface area (Å²) < 4.78 is 1.94. The number of nitrogens with zero attached hydrogens (tertiary/aromatic N) is 3. The summed E-state index contributed by atoms with van der Waals surface area (Å²) in [4.78, 5) is 54.5. The van der Waals surface area contributed by atoms with Crippen molar-refractivity contribution >= 4 is 35.0 Å². The number of likely N-dealkylation sites (tertiary alicyclic amines) is 1. The van der Waals surface area contributed by atoms with Crippen molar-refractivity contribution < 1.29 is 19.2 Å². The topological polar surface area (TPSA) is 113 Å². The third kappa shape index (κ3) is 3.96. The van der Waals surface area contributed by atoms with Crippen LogP contribution in [0.4, 0.5) is 5.69 Å². The summed E-state index contributed by atoms with van der Waals surface area (Å²) in [5.41, 5.74) is 4.00. The standard InChI is InChI=1S/C23H23N5O4/c1-13(2)28-19(29)11-17(23(28)32)26-22(31)21(30)24-16-8-6-15(7-9-16)18-12-27-10-4-5-14(3)20(27)25-18/h4-10,12-13,17H,11H2,1-3H3,(H,24,30)(H,26,31). The van der Waals surface area contributed by atoms with Crippen molar-refractivity contribution in [2.45, 2.75) is 39.3 Å². The van der Waals surface area contributed by atoms with Gasteiger partial charge in [-0.1, -0.05) is 18.2 Å². The number of amides is 4. The Kier molecular flexibility index (Phi) is 5.48. The largest absolute Gasteiger partial charge is 0.335 e. The maximum absolute atomic E-state index is 12.3. The van der Waals surface area contributed by atoms with E-state index in [1.54, 1.807) is 38.1 Å². The summed E-state index contributed by atoms with van der Waals surface area (Å²) in [5.74, 6) is -2.75. The molecule has 1 atom stereocenters. The average Bonchev–Trinajstić information content (AvgIpc) is 3.30. The number of carbonyl (C=O) groups is 4. The maximum atomic E-state index is 12.3. The minimum absolute atomic E-state index is 0.150. The number of hydrogen-bond donors (Lipinski definition) is 2. The molecule has 1 saturated heterocycles. The summed E-state index contributed by atoms with van der Waals surface area (Å²) in [6.07, 6.45) is 3.70. The van der Waals surface area contributed by atoms with E-state index in [9.17, 15) is 19.2 Å². The molecule has 2 aromatic heterocycles. The van der Waals surface area contributed by atoms with Crippen molar-refractivity contribution in [3.8, 4) is 11.3 Å². The van der Waals surface area contributed by atoms with E-state index in [-0.39, 0.29) is 18.4 Å². The molecule has 0 radical (unpaired) electrons. The third-order valence-corrected chi connectivity index (χ3v) is 5.33. The number of rotatable bonds is 4. The summed E-state index contributed by atoms with van der Waals surface area (Å²) in [5, 5.41) is 4.85. The predicted molar refractivity (Wildman–Crippen MR) is 118 cm³/mol. The Morgan fingerprint density at radius 3 is 2.44 bits per heavy atom. The van der Waals surface area contributed by atoms with Gasteiger partial charge in [0.05, 0.1) is 12.1 Å². The molecule has 9 nitrogen and oxygen atoms in total. The van der Waals surface area contributed by atoms with Gasteiger partial charge in [0.2, 0.25) is 5.91 Å². The van der Waals surface area contributed by atoms with Crippen LogP contribution in [0.15, 0.2) is 48.8 Å². The van der Waals surface area contributed by atoms with Gasteiger partial charge in [-0.3, -0.25) is 24.1 Å². The molecule has 0 spiro atoms. The molecule has 1 aromatic carbocycles. The molecule has 9 heteroatoms. The predicted octanol–water partition coefficient (Wildman–Crippen LogP) is 1.90. The third-order valence-electron chi connectivity index (χ3n) is 5.33. The number of pyridine rings is 1. The Labute approximate surface area is 184 Å². The number of carbonyl (C=O) groups excluding carboxylic acids is 4. The monoisotopic (exact) mass is 433 g/mol. The van der Waals surface area contributed by atoms with Gasteiger partial charge in [0.25, 0.3) is 5.91 Å². The number of hydrogen-bond acceptors (Lipinski definition) is 5. The number of anilines is 1. The minimum Gasteiger partial charge on any atom is -0.335 e. The average molecular weight is 433 g/mol. The first-order valence-corrected chi connectivity index (χ1v) is 10.3. The molecule has 4 rings (SSSR count). The summed E-state index contributed by atoms with van der Waals surface area (Å²) in [6, 6.07) is 9.54. The van der Waals surface area contributed by atoms with E-state index >= 15 is 0 Å². The Hall–Kier alpha value is -4.01. The molecule has 32 heavy (non-hydrogen) atoms. The van der Waals surface area contributed by atoms with Gasteiger partial charge in [-0.2, -0.15) is 0 Å². The molecule has 1 aliphatic heterocycles. The normalized spacial score (nSPS) is 16.1. The van der Waals surface area contributed by atoms with Crippen LogP contribution in [-0.2, 0) is 19.2 Å². The molecule has 1 fully saturated rings. The van der Waals surface area contributed by atoms with E-state index in [1.165, 1.54) is 0 Å². The Morgan fingerprint density at radius 2 is 1.81 bits per heavy atom. The molecule has 1 unspecified atom stereocenters. The molecule has 4 amide bonds. The van der Waals surface area contributed by atoms with Crippen LogP contribution in [0, 0.1) is 6.92 Å². The van der Waals surface area contributed by atoms with Gasteiger partial charge in [0.1, 0.15) is 11.7 Å². The van der Waals surface area contributed by atoms with E-state index in [4.69, 9.17) is 0 Å². The minimum atomic E-state index is -1.02. The second-order valence-electron chi connectivity index (χ2n) is 8.01. The second-order valence-corrected chi connectivity index (χ2v) is 8.01. The highest BCUT2D eigenvalue weighted by Crippen LogP contribution is 2.22. The second kappa shape index (κ2) is 8.26. The van der Waals surface area contributed by atoms with Crippen molar-refractivity contribution in [2.24, 2.45) is 0 Å². The van der Waals surface area contributed by atoms with Crippen LogP contribution in [0.25, 0.3) is 16.9 Å². The molecular formula is C23H23N5O4. The Bertz CT molecular complexity index is 1230. The van der Waals surface area contributed by atoms with Gasteiger partial charge < -0.3 is 15.0 Å². The number of imidazole rings is 1. The van der Waals surface area contributed by atoms with Crippen molar-refractivity contribution in [3.05, 3.63) is 54.4 Å². The highest BCUT2D eigenvalue weighted by atomic mass is 16.2. The van der Waals surface area contributed by atoms with Crippen LogP contribution in [0.5, 0.6) is 0 Å². The van der Waals surface area contributed by atoms with E-state index in [1.807, 2.05) is 35.9 Å². The molecular weight excluding hydrogens is 410 g/mol. The van der Waals surface area contributed by atoms with Crippen LogP contribution in [-0.4, -0.2) is 50.0 Å². The number of imide groups is 1. The summed E-state index contributed by atoms with van der Waals surface area (Å²) >= 11 is 0. The van der Waals surface area contributed by atoms with Gasteiger partial charge in [0, 0.05) is 29.7 Å². The Morgan fingerprint density at radius 1 is 1.09 bits per heavy atom. The van der Waals surface area contributed by atoms with Crippen LogP contribution in [0.3, 0.4) is 0 Å². The zero-order valence-corrected chi connectivity index (χ0v) is 18.0. The lowest BCUT2D eigenvalue weighted by molar-refractivity contribution is -0.142. The van der Waals surface area contributed by atoms with E-state index in [2.05, 4.69) is 15.6 Å². The number of aromatic nitrogens is 2. The van der Waals surface area contributed by atoms with Gasteiger partial charge in [-0.15, -0.1) is 0 Å². The molecule has 1 aliphatic rings. The summed E-state index contributed by atoms with van der Waals surface area (Å²) in [6.45, 7) is 5.42. The highest BCUT2D eigenvalue weighted by Gasteiger charge is 2.41. The number of fused-ring (bicyclic) bond motifs is 1. The van der Waals surface area contributed by atoms with Gasteiger partial charge >= 0.3 is 11.8 Å². The van der Waals surface area contributed by atoms with Gasteiger partial charge in [0.15, 0.2) is 0 Å². The molecule has 2 N–H and O–H groups in total. The molecule has 3 heterocycles. The van der Waals surface area contributed by atoms with E-state index in [0.29, 0.717) is 5.69 Å². The van der Waals surface area contributed by atoms with Crippen molar-refractivity contribution in [3.63, 3.8) is 0 Å². The first kappa shape index (κ1) is 21.2. The van der Waals surface area contributed by atoms with E-state index < -0.39 is 23.8 Å². The number of aryl methyl sites for hydroxylation is 1. The van der Waals surface area contributed by atoms with Crippen LogP contribution >= 0.6 is 0 Å². The van der Waals surface area contributed by atoms with Crippen LogP contribution in [0.1, 0.15) is 25.8 Å². The fourth-order valence-corrected chi connectivity index (χ4v) is 3.74. The highest BCUT2D eigenvalue weighted by molar-refractivity contribution is 6.40. The lowest BCUT2D eigenvalue weighted by Crippen LogP contribution is -2.47. The molecule has 0 bridgehead atoms. The lowest BCUT2D eigenvalue weighted by atomic mass is 10.1. The molecule has 0 saturated carbocycles. The van der Waals surface area contributed by atoms with Gasteiger partial charge in [-0.25, -0.2) is 4.98 Å². The lowest BCUT2D eigenvalue weighted by Gasteiger charge is -2.19. The first-order chi connectivity index (χ1) is 15.2. The number of nitrogens with one attached hydrogen (secondary N) is 2. The van der Waals surface area contributed by atoms with Crippen LogP contribution in [0.2, 0.25) is 0 Å². The zero-order chi connectivity index (χ0) is 23.0. The zero-order valence-electron chi connectivity index (χ0n) is 18.0. The fourth-order valence-electron chi connectivity index (χ4n) is 3.74. The SMILES string of the molecule is Cc1cccn2cc(-c3ccc(NC(=O)C(=O)NC4CC(=O)N(C(C)C)C4=O)cc3)nc12. The van der Waals surface area contributed by atoms with Gasteiger partial charge in [-0.05, 0) is 44.5 Å². The smallest absolute Gasteiger partial charge is 0.313 e. The van der Waals surface area contributed by atoms with Crippen molar-refractivity contribution in [2.75, 3.05) is 5.32 Å². The quantitative estimate of drug-likeness (QED) is 0.482. The van der Waals surface area contributed by atoms with Crippen molar-refractivity contribution in [1.82, 2.24) is 19.6 Å². The van der Waals surface area contributed by atoms with Crippen LogP contribution < -0.4 is 10.6 Å². The summed E-state index contributed by atoms with van der Waals surface area (Å²) in [7, 11) is 0. The molecule has 3 aromatic rings. The molecule has 164 valence electrons. The Balaban J connectivity index is 1.40. The number of benzene rings is 1. The maximum Gasteiger partial charge on any atom is 0.313 e. The fraction of sp³-hybridized carbons (Fsp3) is 0.261. The first-order valence-electron chi connectivity index (χ1n) is 10.3. The van der Waals surface area contributed by atoms with Crippen molar-refractivity contribution in [1.29, 1.82) is 0 Å².